The molecule has 0 fully saturated rings. The van der Waals surface area contributed by atoms with Crippen molar-refractivity contribution in [3.63, 3.8) is 0 Å². The van der Waals surface area contributed by atoms with E-state index >= 15 is 0 Å². The van der Waals surface area contributed by atoms with Crippen LogP contribution in [0, 0.1) is 22.0 Å². The Morgan fingerprint density at radius 3 is 2.15 bits per heavy atom. The summed E-state index contributed by atoms with van der Waals surface area (Å²) in [5.74, 6) is -4.00. The van der Waals surface area contributed by atoms with Gasteiger partial charge in [0.25, 0.3) is 5.69 Å². The Labute approximate surface area is 150 Å². The van der Waals surface area contributed by atoms with Crippen LogP contribution >= 0.6 is 0 Å². The molecule has 9 nitrogen and oxygen atoms in total. The third kappa shape index (κ3) is 6.88. The summed E-state index contributed by atoms with van der Waals surface area (Å²) in [6, 6.07) is 4.33. The molecule has 1 aromatic rings. The van der Waals surface area contributed by atoms with Crippen molar-refractivity contribution in [2.24, 2.45) is 11.8 Å². The van der Waals surface area contributed by atoms with E-state index in [9.17, 15) is 29.6 Å². The lowest BCUT2D eigenvalue weighted by Crippen LogP contribution is -2.45. The Balaban J connectivity index is 2.90. The van der Waals surface area contributed by atoms with E-state index in [1.165, 1.54) is 24.3 Å². The van der Waals surface area contributed by atoms with Crippen molar-refractivity contribution in [2.75, 3.05) is 0 Å². The summed E-state index contributed by atoms with van der Waals surface area (Å²) in [6.07, 6.45) is -0.223. The molecule has 0 aliphatic heterocycles. The van der Waals surface area contributed by atoms with Crippen LogP contribution in [-0.4, -0.2) is 39.0 Å². The maximum atomic E-state index is 12.4. The number of hydrogen-bond donors (Lipinski definition) is 3. The van der Waals surface area contributed by atoms with Crippen molar-refractivity contribution in [2.45, 2.75) is 39.2 Å². The fourth-order valence-corrected chi connectivity index (χ4v) is 2.49. The summed E-state index contributed by atoms with van der Waals surface area (Å²) >= 11 is 0. The maximum absolute atomic E-state index is 12.4. The monoisotopic (exact) mass is 366 g/mol. The lowest BCUT2D eigenvalue weighted by atomic mass is 9.94. The van der Waals surface area contributed by atoms with Crippen LogP contribution < -0.4 is 5.32 Å². The summed E-state index contributed by atoms with van der Waals surface area (Å²) in [6.45, 7) is 3.63. The topological polar surface area (TPSA) is 147 Å². The predicted molar refractivity (Wildman–Crippen MR) is 91.6 cm³/mol. The summed E-state index contributed by atoms with van der Waals surface area (Å²) in [7, 11) is 0. The summed E-state index contributed by atoms with van der Waals surface area (Å²) in [4.78, 5) is 44.9. The number of nitro groups is 1. The van der Waals surface area contributed by atoms with Gasteiger partial charge in [0.05, 0.1) is 17.3 Å². The maximum Gasteiger partial charge on any atom is 0.326 e. The average molecular weight is 366 g/mol. The number of nitro benzene ring substituents is 1. The van der Waals surface area contributed by atoms with Crippen LogP contribution in [0.1, 0.15) is 32.3 Å². The van der Waals surface area contributed by atoms with Gasteiger partial charge in [-0.3, -0.25) is 19.7 Å². The summed E-state index contributed by atoms with van der Waals surface area (Å²) in [5.41, 5.74) is 0.434. The van der Waals surface area contributed by atoms with Crippen LogP contribution in [0.15, 0.2) is 24.3 Å². The lowest BCUT2D eigenvalue weighted by Gasteiger charge is -2.20. The number of benzene rings is 1. The third-order valence-corrected chi connectivity index (χ3v) is 3.74. The number of hydrogen-bond acceptors (Lipinski definition) is 5. The number of nitrogens with one attached hydrogen (secondary N) is 1. The van der Waals surface area contributed by atoms with E-state index < -0.39 is 41.1 Å². The summed E-state index contributed by atoms with van der Waals surface area (Å²) < 4.78 is 0. The Kier molecular flexibility index (Phi) is 7.70. The molecule has 26 heavy (non-hydrogen) atoms. The highest BCUT2D eigenvalue weighted by molar-refractivity contribution is 5.87. The van der Waals surface area contributed by atoms with Crippen molar-refractivity contribution < 1.29 is 29.5 Å². The molecule has 0 aliphatic carbocycles. The van der Waals surface area contributed by atoms with E-state index in [0.29, 0.717) is 5.56 Å². The highest BCUT2D eigenvalue weighted by Gasteiger charge is 2.27. The minimum atomic E-state index is -1.19. The smallest absolute Gasteiger partial charge is 0.326 e. The van der Waals surface area contributed by atoms with Gasteiger partial charge >= 0.3 is 11.9 Å². The molecule has 0 aliphatic rings. The van der Waals surface area contributed by atoms with Crippen LogP contribution in [0.2, 0.25) is 0 Å². The molecule has 0 radical (unpaired) electrons. The largest absolute Gasteiger partial charge is 0.481 e. The van der Waals surface area contributed by atoms with Gasteiger partial charge in [0, 0.05) is 12.1 Å². The molecule has 0 heterocycles. The molecule has 9 heteroatoms. The Hall–Kier alpha value is -2.97. The molecular formula is C17H22N2O7. The number of aliphatic carboxylic acids is 2. The van der Waals surface area contributed by atoms with E-state index in [-0.39, 0.29) is 24.4 Å². The quantitative estimate of drug-likeness (QED) is 0.423. The molecule has 0 bridgehead atoms. The van der Waals surface area contributed by atoms with Crippen molar-refractivity contribution in [3.05, 3.63) is 39.9 Å². The zero-order chi connectivity index (χ0) is 19.9. The van der Waals surface area contributed by atoms with Crippen LogP contribution in [0.3, 0.4) is 0 Å². The first-order valence-electron chi connectivity index (χ1n) is 8.08. The Morgan fingerprint density at radius 2 is 1.73 bits per heavy atom. The van der Waals surface area contributed by atoms with Crippen LogP contribution in [-0.2, 0) is 20.8 Å². The Bertz CT molecular complexity index is 670. The number of carboxylic acids is 2. The van der Waals surface area contributed by atoms with E-state index in [2.05, 4.69) is 5.32 Å². The number of non-ortho nitro benzene ring substituents is 1. The van der Waals surface area contributed by atoms with Crippen LogP contribution in [0.25, 0.3) is 0 Å². The zero-order valence-corrected chi connectivity index (χ0v) is 14.5. The number of carbonyl (C=O) groups is 3. The minimum Gasteiger partial charge on any atom is -0.481 e. The molecule has 0 saturated carbocycles. The minimum absolute atomic E-state index is 0.0315. The summed E-state index contributed by atoms with van der Waals surface area (Å²) in [5, 5.41) is 31.3. The van der Waals surface area contributed by atoms with Crippen molar-refractivity contribution >= 4 is 23.5 Å². The number of rotatable bonds is 10. The lowest BCUT2D eigenvalue weighted by molar-refractivity contribution is -0.384. The number of carbonyl (C=O) groups excluding carboxylic acids is 1. The van der Waals surface area contributed by atoms with Crippen molar-refractivity contribution in [3.8, 4) is 0 Å². The van der Waals surface area contributed by atoms with E-state index in [1.807, 2.05) is 13.8 Å². The molecule has 3 N–H and O–H groups in total. The van der Waals surface area contributed by atoms with Crippen LogP contribution in [0.5, 0.6) is 0 Å². The highest BCUT2D eigenvalue weighted by Crippen LogP contribution is 2.18. The average Bonchev–Trinajstić information content (AvgIpc) is 2.53. The number of carboxylic acid groups (broad SMARTS) is 2. The van der Waals surface area contributed by atoms with Gasteiger partial charge in [0.2, 0.25) is 5.91 Å². The molecule has 0 spiro atoms. The van der Waals surface area contributed by atoms with Gasteiger partial charge in [-0.1, -0.05) is 26.0 Å². The molecule has 142 valence electrons. The molecule has 1 rings (SSSR count). The Morgan fingerprint density at radius 1 is 1.15 bits per heavy atom. The molecule has 0 saturated heterocycles. The van der Waals surface area contributed by atoms with Crippen molar-refractivity contribution in [1.29, 1.82) is 0 Å². The fourth-order valence-electron chi connectivity index (χ4n) is 2.49. The van der Waals surface area contributed by atoms with Gasteiger partial charge < -0.3 is 15.5 Å². The second kappa shape index (κ2) is 9.50. The van der Waals surface area contributed by atoms with Gasteiger partial charge in [0.1, 0.15) is 6.04 Å². The first-order chi connectivity index (χ1) is 12.1. The van der Waals surface area contributed by atoms with Crippen LogP contribution in [0.4, 0.5) is 5.69 Å². The second-order valence-corrected chi connectivity index (χ2v) is 6.45. The van der Waals surface area contributed by atoms with E-state index in [0.717, 1.165) is 0 Å². The molecule has 1 unspecified atom stereocenters. The molecule has 0 aromatic heterocycles. The van der Waals surface area contributed by atoms with Gasteiger partial charge in [-0.25, -0.2) is 4.79 Å². The van der Waals surface area contributed by atoms with E-state index in [4.69, 9.17) is 5.11 Å². The highest BCUT2D eigenvalue weighted by atomic mass is 16.6. The normalized spacial score (nSPS) is 13.0. The molecule has 1 aromatic carbocycles. The number of nitrogens with zero attached hydrogens (tertiary/aromatic N) is 1. The van der Waals surface area contributed by atoms with Crippen molar-refractivity contribution in [1.82, 2.24) is 5.32 Å². The van der Waals surface area contributed by atoms with Gasteiger partial charge in [0.15, 0.2) is 0 Å². The molecule has 2 atom stereocenters. The SMILES string of the molecule is CC(C)C[C@H](NC(=O)C(CC(=O)O)Cc1ccc([N+](=O)[O-])cc1)C(=O)O. The first-order valence-corrected chi connectivity index (χ1v) is 8.08. The standard InChI is InChI=1S/C17H22N2O7/c1-10(2)7-14(17(23)24)18-16(22)12(9-15(20)21)8-11-3-5-13(6-4-11)19(25)26/h3-6,10,12,14H,7-9H2,1-2H3,(H,18,22)(H,20,21)(H,23,24)/t12?,14-/m0/s1. The molecular weight excluding hydrogens is 344 g/mol. The zero-order valence-electron chi connectivity index (χ0n) is 14.5. The van der Waals surface area contributed by atoms with Gasteiger partial charge in [-0.2, -0.15) is 0 Å². The van der Waals surface area contributed by atoms with E-state index in [1.54, 1.807) is 0 Å². The van der Waals surface area contributed by atoms with Gasteiger partial charge in [-0.05, 0) is 24.3 Å². The third-order valence-electron chi connectivity index (χ3n) is 3.74. The fraction of sp³-hybridized carbons (Fsp3) is 0.471. The van der Waals surface area contributed by atoms with Gasteiger partial charge in [-0.15, -0.1) is 0 Å². The first kappa shape index (κ1) is 21.1. The predicted octanol–water partition coefficient (Wildman–Crippen LogP) is 1.84. The molecule has 1 amide bonds. The number of amides is 1. The second-order valence-electron chi connectivity index (χ2n) is 6.45.